The second kappa shape index (κ2) is 6.27. The van der Waals surface area contributed by atoms with E-state index in [0.717, 1.165) is 37.5 Å². The topological polar surface area (TPSA) is 21.7 Å². The van der Waals surface area contributed by atoms with Crippen LogP contribution in [-0.4, -0.2) is 36.7 Å². The summed E-state index contributed by atoms with van der Waals surface area (Å²) >= 11 is 0. The first-order valence-electron chi connectivity index (χ1n) is 8.30. The summed E-state index contributed by atoms with van der Waals surface area (Å²) in [5.41, 5.74) is 1.17. The van der Waals surface area contributed by atoms with Crippen molar-refractivity contribution in [1.82, 2.24) is 4.90 Å². The first-order chi connectivity index (χ1) is 10.1. The largest absolute Gasteiger partial charge is 0.490 e. The molecule has 0 unspecified atom stereocenters. The fourth-order valence-corrected chi connectivity index (χ4v) is 3.35. The Hall–Kier alpha value is -1.22. The highest BCUT2D eigenvalue weighted by atomic mass is 16.5. The second-order valence-corrected chi connectivity index (χ2v) is 6.89. The lowest BCUT2D eigenvalue weighted by Crippen LogP contribution is -2.31. The number of hydrogen-bond donors (Lipinski definition) is 0. The maximum atomic E-state index is 6.04. The molecule has 2 aliphatic heterocycles. The minimum absolute atomic E-state index is 0.102. The highest BCUT2D eigenvalue weighted by Gasteiger charge is 2.32. The van der Waals surface area contributed by atoms with Crippen molar-refractivity contribution >= 4 is 0 Å². The minimum Gasteiger partial charge on any atom is -0.490 e. The molecule has 1 fully saturated rings. The van der Waals surface area contributed by atoms with Gasteiger partial charge in [0.1, 0.15) is 5.60 Å². The van der Waals surface area contributed by atoms with Gasteiger partial charge in [0, 0.05) is 18.5 Å². The number of piperidine rings is 1. The average molecular weight is 289 g/mol. The lowest BCUT2D eigenvalue weighted by atomic mass is 10.0. The van der Waals surface area contributed by atoms with Crippen LogP contribution in [0.2, 0.25) is 0 Å². The van der Waals surface area contributed by atoms with Gasteiger partial charge >= 0.3 is 0 Å². The van der Waals surface area contributed by atoms with E-state index in [1.165, 1.54) is 37.9 Å². The number of hydrogen-bond acceptors (Lipinski definition) is 3. The Morgan fingerprint density at radius 2 is 2.00 bits per heavy atom. The zero-order chi connectivity index (χ0) is 14.7. The molecule has 21 heavy (non-hydrogen) atoms. The van der Waals surface area contributed by atoms with E-state index in [9.17, 15) is 0 Å². The molecule has 0 spiro atoms. The van der Waals surface area contributed by atoms with Crippen LogP contribution in [0.3, 0.4) is 0 Å². The first-order valence-corrected chi connectivity index (χ1v) is 8.30. The summed E-state index contributed by atoms with van der Waals surface area (Å²) in [5.74, 6) is 1.87. The van der Waals surface area contributed by atoms with Crippen LogP contribution in [0.4, 0.5) is 0 Å². The molecule has 0 N–H and O–H groups in total. The molecular weight excluding hydrogens is 262 g/mol. The highest BCUT2D eigenvalue weighted by Crippen LogP contribution is 2.41. The van der Waals surface area contributed by atoms with Crippen molar-refractivity contribution in [3.8, 4) is 11.5 Å². The summed E-state index contributed by atoms with van der Waals surface area (Å²) in [5, 5.41) is 0. The smallest absolute Gasteiger partial charge is 0.165 e. The van der Waals surface area contributed by atoms with Gasteiger partial charge in [-0.3, -0.25) is 0 Å². The lowest BCUT2D eigenvalue weighted by Gasteiger charge is -2.26. The Morgan fingerprint density at radius 3 is 2.81 bits per heavy atom. The standard InChI is InChI=1S/C18H27NO2/c1-18(2)14-15-8-6-9-16(17(15)21-18)20-13-7-12-19-10-4-3-5-11-19/h6,8-9H,3-5,7,10-14H2,1-2H3. The van der Waals surface area contributed by atoms with E-state index in [4.69, 9.17) is 9.47 Å². The summed E-state index contributed by atoms with van der Waals surface area (Å²) in [6.45, 7) is 8.72. The van der Waals surface area contributed by atoms with Gasteiger partial charge in [0.2, 0.25) is 0 Å². The average Bonchev–Trinajstić information content (AvgIpc) is 2.79. The monoisotopic (exact) mass is 289 g/mol. The number of fused-ring (bicyclic) bond motifs is 1. The third kappa shape index (κ3) is 3.70. The molecule has 0 atom stereocenters. The van der Waals surface area contributed by atoms with Crippen LogP contribution in [-0.2, 0) is 6.42 Å². The van der Waals surface area contributed by atoms with E-state index in [1.807, 2.05) is 6.07 Å². The fraction of sp³-hybridized carbons (Fsp3) is 0.667. The van der Waals surface area contributed by atoms with Crippen molar-refractivity contribution in [2.24, 2.45) is 0 Å². The zero-order valence-electron chi connectivity index (χ0n) is 13.4. The molecule has 0 aliphatic carbocycles. The van der Waals surface area contributed by atoms with Gasteiger partial charge in [0.15, 0.2) is 11.5 Å². The number of ether oxygens (including phenoxy) is 2. The van der Waals surface area contributed by atoms with Crippen molar-refractivity contribution in [3.63, 3.8) is 0 Å². The van der Waals surface area contributed by atoms with Crippen molar-refractivity contribution in [1.29, 1.82) is 0 Å². The van der Waals surface area contributed by atoms with Crippen molar-refractivity contribution in [2.75, 3.05) is 26.2 Å². The summed E-state index contributed by atoms with van der Waals surface area (Å²) in [7, 11) is 0. The predicted octanol–water partition coefficient (Wildman–Crippen LogP) is 3.65. The number of para-hydroxylation sites is 1. The van der Waals surface area contributed by atoms with Gasteiger partial charge in [-0.15, -0.1) is 0 Å². The first kappa shape index (κ1) is 14.7. The van der Waals surface area contributed by atoms with Gasteiger partial charge in [-0.1, -0.05) is 18.6 Å². The van der Waals surface area contributed by atoms with Gasteiger partial charge < -0.3 is 14.4 Å². The van der Waals surface area contributed by atoms with Crippen LogP contribution in [0.1, 0.15) is 45.1 Å². The maximum absolute atomic E-state index is 6.04. The number of benzene rings is 1. The fourth-order valence-electron chi connectivity index (χ4n) is 3.35. The van der Waals surface area contributed by atoms with Gasteiger partial charge in [0.25, 0.3) is 0 Å². The SMILES string of the molecule is CC1(C)Cc2cccc(OCCCN3CCCCC3)c2O1. The van der Waals surface area contributed by atoms with E-state index in [1.54, 1.807) is 0 Å². The van der Waals surface area contributed by atoms with Crippen LogP contribution in [0.25, 0.3) is 0 Å². The third-order valence-electron chi connectivity index (χ3n) is 4.38. The van der Waals surface area contributed by atoms with E-state index in [0.29, 0.717) is 0 Å². The van der Waals surface area contributed by atoms with E-state index in [2.05, 4.69) is 30.9 Å². The van der Waals surface area contributed by atoms with Gasteiger partial charge in [0.05, 0.1) is 6.61 Å². The van der Waals surface area contributed by atoms with Gasteiger partial charge in [-0.05, 0) is 52.3 Å². The third-order valence-corrected chi connectivity index (χ3v) is 4.38. The summed E-state index contributed by atoms with van der Waals surface area (Å²) in [6, 6.07) is 6.25. The Kier molecular flexibility index (Phi) is 4.39. The molecular formula is C18H27NO2. The van der Waals surface area contributed by atoms with Crippen LogP contribution in [0.15, 0.2) is 18.2 Å². The van der Waals surface area contributed by atoms with E-state index in [-0.39, 0.29) is 5.60 Å². The van der Waals surface area contributed by atoms with Crippen molar-refractivity contribution in [2.45, 2.75) is 51.6 Å². The van der Waals surface area contributed by atoms with Crippen LogP contribution >= 0.6 is 0 Å². The summed E-state index contributed by atoms with van der Waals surface area (Å²) in [4.78, 5) is 2.56. The molecule has 0 radical (unpaired) electrons. The van der Waals surface area contributed by atoms with Crippen LogP contribution < -0.4 is 9.47 Å². The Balaban J connectivity index is 1.49. The van der Waals surface area contributed by atoms with Gasteiger partial charge in [-0.2, -0.15) is 0 Å². The Morgan fingerprint density at radius 1 is 1.19 bits per heavy atom. The van der Waals surface area contributed by atoms with E-state index >= 15 is 0 Å². The van der Waals surface area contributed by atoms with Crippen LogP contribution in [0.5, 0.6) is 11.5 Å². The zero-order valence-corrected chi connectivity index (χ0v) is 13.4. The molecule has 0 aromatic heterocycles. The molecule has 3 heteroatoms. The van der Waals surface area contributed by atoms with Crippen LogP contribution in [0, 0.1) is 0 Å². The molecule has 1 aromatic carbocycles. The minimum atomic E-state index is -0.102. The van der Waals surface area contributed by atoms with Crippen molar-refractivity contribution < 1.29 is 9.47 Å². The van der Waals surface area contributed by atoms with Gasteiger partial charge in [-0.25, -0.2) is 0 Å². The summed E-state index contributed by atoms with van der Waals surface area (Å²) in [6.07, 6.45) is 6.17. The molecule has 1 saturated heterocycles. The molecule has 0 amide bonds. The number of nitrogens with zero attached hydrogens (tertiary/aromatic N) is 1. The lowest BCUT2D eigenvalue weighted by molar-refractivity contribution is 0.131. The Bertz CT molecular complexity index is 478. The Labute approximate surface area is 128 Å². The van der Waals surface area contributed by atoms with Crippen molar-refractivity contribution in [3.05, 3.63) is 23.8 Å². The maximum Gasteiger partial charge on any atom is 0.165 e. The number of likely N-dealkylation sites (tertiary alicyclic amines) is 1. The predicted molar refractivity (Wildman–Crippen MR) is 85.3 cm³/mol. The molecule has 0 bridgehead atoms. The molecule has 3 nitrogen and oxygen atoms in total. The number of rotatable bonds is 5. The quantitative estimate of drug-likeness (QED) is 0.772. The summed E-state index contributed by atoms with van der Waals surface area (Å²) < 4.78 is 12.0. The molecule has 2 heterocycles. The molecule has 3 rings (SSSR count). The van der Waals surface area contributed by atoms with E-state index < -0.39 is 0 Å². The second-order valence-electron chi connectivity index (χ2n) is 6.89. The normalized spacial score (nSPS) is 20.9. The molecule has 0 saturated carbocycles. The highest BCUT2D eigenvalue weighted by molar-refractivity contribution is 5.50. The molecule has 2 aliphatic rings. The molecule has 1 aromatic rings. The molecule has 116 valence electrons.